The van der Waals surface area contributed by atoms with E-state index in [0.29, 0.717) is 47.9 Å². The van der Waals surface area contributed by atoms with Gasteiger partial charge in [-0.3, -0.25) is 0 Å². The summed E-state index contributed by atoms with van der Waals surface area (Å²) in [6, 6.07) is 9.13. The zero-order valence-corrected chi connectivity index (χ0v) is 21.1. The third-order valence-corrected chi connectivity index (χ3v) is 8.67. The monoisotopic (exact) mass is 520 g/mol. The molecule has 4 aromatic rings. The second-order valence-electron chi connectivity index (χ2n) is 9.32. The first-order valence-electron chi connectivity index (χ1n) is 11.8. The van der Waals surface area contributed by atoms with Crippen LogP contribution in [0.25, 0.3) is 21.9 Å². The van der Waals surface area contributed by atoms with Crippen LogP contribution in [0.3, 0.4) is 0 Å². The largest absolute Gasteiger partial charge is 0.474 e. The minimum atomic E-state index is -3.27. The summed E-state index contributed by atoms with van der Waals surface area (Å²) in [5.41, 5.74) is 11.3. The van der Waals surface area contributed by atoms with Gasteiger partial charge in [0.15, 0.2) is 5.82 Å². The second-order valence-corrected chi connectivity index (χ2v) is 11.4. The predicted molar refractivity (Wildman–Crippen MR) is 142 cm³/mol. The number of hydrogen-bond donors (Lipinski definition) is 3. The lowest BCUT2D eigenvalue weighted by Gasteiger charge is -2.25. The number of fused-ring (bicyclic) bond motifs is 3. The van der Waals surface area contributed by atoms with Crippen LogP contribution in [-0.4, -0.2) is 42.9 Å². The van der Waals surface area contributed by atoms with Gasteiger partial charge in [0, 0.05) is 54.7 Å². The quantitative estimate of drug-likeness (QED) is 0.345. The minimum absolute atomic E-state index is 0.0143. The van der Waals surface area contributed by atoms with Crippen LogP contribution in [0, 0.1) is 12.7 Å². The number of nitrogens with two attached hydrogens (primary N) is 1. The van der Waals surface area contributed by atoms with Crippen LogP contribution in [0.4, 0.5) is 27.3 Å². The van der Waals surface area contributed by atoms with E-state index in [1.807, 2.05) is 31.2 Å². The van der Waals surface area contributed by atoms with Gasteiger partial charge in [-0.15, -0.1) is 0 Å². The Kier molecular flexibility index (Phi) is 5.42. The van der Waals surface area contributed by atoms with Crippen molar-refractivity contribution >= 4 is 43.7 Å². The minimum Gasteiger partial charge on any atom is -0.474 e. The van der Waals surface area contributed by atoms with Crippen LogP contribution in [0.1, 0.15) is 16.7 Å². The fraction of sp³-hybridized carbons (Fsp3) is 0.231. The predicted octanol–water partition coefficient (Wildman–Crippen LogP) is 4.15. The SMILES string of the molecule is Cc1c(-c2cc3cc(Nc4ccc5c(c4)CN(C)S(=O)(=O)C5)ncc3c(N)c2F)cnc2c1NCCO2. The van der Waals surface area contributed by atoms with E-state index in [-0.39, 0.29) is 11.4 Å². The first-order chi connectivity index (χ1) is 17.7. The molecule has 4 heterocycles. The molecule has 190 valence electrons. The third kappa shape index (κ3) is 4.00. The lowest BCUT2D eigenvalue weighted by Crippen LogP contribution is -2.32. The van der Waals surface area contributed by atoms with Crippen LogP contribution in [0.5, 0.6) is 5.88 Å². The third-order valence-electron chi connectivity index (χ3n) is 6.92. The first kappa shape index (κ1) is 23.4. The molecule has 0 saturated carbocycles. The Balaban J connectivity index is 1.37. The highest BCUT2D eigenvalue weighted by Crippen LogP contribution is 2.40. The van der Waals surface area contributed by atoms with E-state index >= 15 is 4.39 Å². The van der Waals surface area contributed by atoms with E-state index in [4.69, 9.17) is 10.5 Å². The van der Waals surface area contributed by atoms with Gasteiger partial charge in [0.1, 0.15) is 18.1 Å². The number of aromatic nitrogens is 2. The van der Waals surface area contributed by atoms with E-state index in [1.54, 1.807) is 25.5 Å². The summed E-state index contributed by atoms with van der Waals surface area (Å²) in [6.45, 7) is 3.39. The molecule has 6 rings (SSSR count). The molecule has 0 bridgehead atoms. The van der Waals surface area contributed by atoms with Gasteiger partial charge in [0.05, 0.1) is 11.4 Å². The Morgan fingerprint density at radius 3 is 2.81 bits per heavy atom. The van der Waals surface area contributed by atoms with Crippen LogP contribution in [-0.2, 0) is 22.3 Å². The maximum Gasteiger partial charge on any atom is 0.237 e. The molecular formula is C26H25FN6O3S. The Hall–Kier alpha value is -3.96. The fourth-order valence-corrected chi connectivity index (χ4v) is 6.07. The molecule has 2 aromatic heterocycles. The molecule has 9 nitrogen and oxygen atoms in total. The highest BCUT2D eigenvalue weighted by atomic mass is 32.2. The molecule has 0 saturated heterocycles. The summed E-state index contributed by atoms with van der Waals surface area (Å²) in [5, 5.41) is 7.78. The normalized spacial score (nSPS) is 16.4. The summed E-state index contributed by atoms with van der Waals surface area (Å²) < 4.78 is 46.7. The van der Waals surface area contributed by atoms with E-state index in [2.05, 4.69) is 20.6 Å². The average molecular weight is 521 g/mol. The summed E-state index contributed by atoms with van der Waals surface area (Å²) in [4.78, 5) is 8.80. The molecule has 0 aliphatic carbocycles. The zero-order valence-electron chi connectivity index (χ0n) is 20.3. The van der Waals surface area contributed by atoms with Crippen LogP contribution in [0.2, 0.25) is 0 Å². The number of sulfonamides is 1. The number of rotatable bonds is 3. The van der Waals surface area contributed by atoms with Gasteiger partial charge in [-0.1, -0.05) is 6.07 Å². The molecule has 0 amide bonds. The smallest absolute Gasteiger partial charge is 0.237 e. The maximum atomic E-state index is 15.4. The number of nitrogens with one attached hydrogen (secondary N) is 2. The highest BCUT2D eigenvalue weighted by molar-refractivity contribution is 7.88. The van der Waals surface area contributed by atoms with Crippen molar-refractivity contribution < 1.29 is 17.5 Å². The molecule has 11 heteroatoms. The van der Waals surface area contributed by atoms with Crippen molar-refractivity contribution in [3.05, 3.63) is 65.2 Å². The van der Waals surface area contributed by atoms with E-state index < -0.39 is 15.8 Å². The summed E-state index contributed by atoms with van der Waals surface area (Å²) in [6.07, 6.45) is 3.15. The van der Waals surface area contributed by atoms with Crippen LogP contribution < -0.4 is 21.1 Å². The molecule has 37 heavy (non-hydrogen) atoms. The zero-order chi connectivity index (χ0) is 25.9. The Bertz CT molecular complexity index is 1690. The number of halogens is 1. The van der Waals surface area contributed by atoms with Crippen molar-refractivity contribution in [2.24, 2.45) is 0 Å². The van der Waals surface area contributed by atoms with Gasteiger partial charge < -0.3 is 21.1 Å². The lowest BCUT2D eigenvalue weighted by atomic mass is 9.97. The van der Waals surface area contributed by atoms with Gasteiger partial charge in [0.25, 0.3) is 0 Å². The number of anilines is 4. The first-order valence-corrected chi connectivity index (χ1v) is 13.4. The molecule has 0 spiro atoms. The number of nitrogen functional groups attached to an aromatic ring is 1. The van der Waals surface area contributed by atoms with Gasteiger partial charge in [0.2, 0.25) is 15.9 Å². The van der Waals surface area contributed by atoms with Crippen molar-refractivity contribution in [2.75, 3.05) is 36.6 Å². The molecule has 2 aliphatic heterocycles. The standard InChI is InChI=1S/C26H25FN6O3S/c1-14-20(10-31-26-25(14)29-5-6-36-26)19-8-16-9-22(30-11-21(16)24(28)23(19)27)32-18-4-3-15-13-37(34,35)33(2)12-17(15)7-18/h3-4,7-11,29H,5-6,12-13,28H2,1-2H3,(H,30,32). The van der Waals surface area contributed by atoms with Gasteiger partial charge in [-0.05, 0) is 53.3 Å². The molecular weight excluding hydrogens is 495 g/mol. The Labute approximate surface area is 213 Å². The summed E-state index contributed by atoms with van der Waals surface area (Å²) >= 11 is 0. The van der Waals surface area contributed by atoms with Gasteiger partial charge >= 0.3 is 0 Å². The van der Waals surface area contributed by atoms with E-state index in [0.717, 1.165) is 33.5 Å². The van der Waals surface area contributed by atoms with E-state index in [1.165, 1.54) is 4.31 Å². The lowest BCUT2D eigenvalue weighted by molar-refractivity contribution is 0.310. The molecule has 2 aromatic carbocycles. The Morgan fingerprint density at radius 2 is 1.97 bits per heavy atom. The van der Waals surface area contributed by atoms with Crippen molar-refractivity contribution in [1.82, 2.24) is 14.3 Å². The number of pyridine rings is 2. The number of nitrogens with zero attached hydrogens (tertiary/aromatic N) is 3. The molecule has 0 radical (unpaired) electrons. The molecule has 2 aliphatic rings. The van der Waals surface area contributed by atoms with Gasteiger partial charge in [-0.2, -0.15) is 0 Å². The van der Waals surface area contributed by atoms with Crippen LogP contribution in [0.15, 0.2) is 42.7 Å². The van der Waals surface area contributed by atoms with E-state index in [9.17, 15) is 8.42 Å². The van der Waals surface area contributed by atoms with Crippen molar-refractivity contribution in [3.8, 4) is 17.0 Å². The molecule has 0 fully saturated rings. The maximum absolute atomic E-state index is 15.4. The molecule has 0 unspecified atom stereocenters. The number of hydrogen-bond acceptors (Lipinski definition) is 8. The van der Waals surface area contributed by atoms with Gasteiger partial charge in [-0.25, -0.2) is 27.1 Å². The number of benzene rings is 2. The van der Waals surface area contributed by atoms with Crippen molar-refractivity contribution in [1.29, 1.82) is 0 Å². The van der Waals surface area contributed by atoms with Crippen molar-refractivity contribution in [3.63, 3.8) is 0 Å². The highest BCUT2D eigenvalue weighted by Gasteiger charge is 2.26. The second kappa shape index (κ2) is 8.56. The fourth-order valence-electron chi connectivity index (χ4n) is 4.84. The molecule has 0 atom stereocenters. The van der Waals surface area contributed by atoms with Crippen molar-refractivity contribution in [2.45, 2.75) is 19.2 Å². The number of ether oxygens (including phenoxy) is 1. The molecule has 4 N–H and O–H groups in total. The topological polar surface area (TPSA) is 122 Å². The summed E-state index contributed by atoms with van der Waals surface area (Å²) in [7, 11) is -1.69. The summed E-state index contributed by atoms with van der Waals surface area (Å²) in [5.74, 6) is 0.521. The average Bonchev–Trinajstić information content (AvgIpc) is 2.87. The van der Waals surface area contributed by atoms with Crippen LogP contribution >= 0.6 is 0 Å². The Morgan fingerprint density at radius 1 is 1.14 bits per heavy atom.